The number of anilines is 1. The van der Waals surface area contributed by atoms with Crippen molar-refractivity contribution in [1.82, 2.24) is 10.3 Å². The van der Waals surface area contributed by atoms with E-state index in [0.29, 0.717) is 31.9 Å². The molecule has 0 saturated carbocycles. The number of carbonyl (C=O) groups is 3. The van der Waals surface area contributed by atoms with Gasteiger partial charge in [0.1, 0.15) is 0 Å². The molecule has 0 radical (unpaired) electrons. The zero-order valence-electron chi connectivity index (χ0n) is 19.4. The van der Waals surface area contributed by atoms with Crippen LogP contribution in [0.25, 0.3) is 21.5 Å². The summed E-state index contributed by atoms with van der Waals surface area (Å²) in [6.45, 7) is 1.87. The highest BCUT2D eigenvalue weighted by molar-refractivity contribution is 6.40. The van der Waals surface area contributed by atoms with Gasteiger partial charge >= 0.3 is 11.8 Å². The van der Waals surface area contributed by atoms with E-state index in [1.165, 1.54) is 0 Å². The average molecular weight is 481 g/mol. The predicted molar refractivity (Wildman–Crippen MR) is 139 cm³/mol. The second kappa shape index (κ2) is 10.4. The summed E-state index contributed by atoms with van der Waals surface area (Å²) in [5.41, 5.74) is 3.71. The lowest BCUT2D eigenvalue weighted by Gasteiger charge is -2.27. The van der Waals surface area contributed by atoms with Crippen molar-refractivity contribution >= 4 is 51.2 Å². The molecule has 5 rings (SSSR count). The number of nitrogens with one attached hydrogen (secondary N) is 2. The predicted octanol–water partition coefficient (Wildman–Crippen LogP) is 3.55. The normalized spacial score (nSPS) is 13.7. The minimum atomic E-state index is -0.940. The summed E-state index contributed by atoms with van der Waals surface area (Å²) in [5, 5.41) is 10.6. The Hall–Kier alpha value is -4.56. The largest absolute Gasteiger partial charge is 0.378 e. The van der Waals surface area contributed by atoms with E-state index in [1.54, 1.807) is 35.4 Å². The van der Waals surface area contributed by atoms with E-state index in [9.17, 15) is 14.4 Å². The van der Waals surface area contributed by atoms with Crippen LogP contribution in [0.4, 0.5) is 5.69 Å². The lowest BCUT2D eigenvalue weighted by Crippen LogP contribution is -2.41. The number of rotatable bonds is 4. The number of fused-ring (bicyclic) bond motifs is 2. The molecule has 2 N–H and O–H groups in total. The molecule has 8 heteroatoms. The molecule has 180 valence electrons. The van der Waals surface area contributed by atoms with Crippen LogP contribution in [-0.4, -0.2) is 55.1 Å². The monoisotopic (exact) mass is 480 g/mol. The molecule has 0 aliphatic carbocycles. The topological polar surface area (TPSA) is 100 Å². The Kier molecular flexibility index (Phi) is 6.68. The fourth-order valence-corrected chi connectivity index (χ4v) is 4.29. The Labute approximate surface area is 207 Å². The van der Waals surface area contributed by atoms with Crippen LogP contribution in [0.3, 0.4) is 0 Å². The van der Waals surface area contributed by atoms with Crippen molar-refractivity contribution in [3.05, 3.63) is 90.0 Å². The summed E-state index contributed by atoms with van der Waals surface area (Å²) in [5.74, 6) is -2.09. The lowest BCUT2D eigenvalue weighted by atomic mass is 9.97. The van der Waals surface area contributed by atoms with Crippen LogP contribution < -0.4 is 10.7 Å². The SMILES string of the molecule is O=C(NN=Cc1c2ccccc2cc2ccccc12)C(=O)Nc1ccccc1C(=O)N1CCOCC1. The van der Waals surface area contributed by atoms with Gasteiger partial charge in [-0.2, -0.15) is 5.10 Å². The number of ether oxygens (including phenoxy) is 1. The van der Waals surface area contributed by atoms with E-state index in [-0.39, 0.29) is 11.6 Å². The number of hydrogen-bond acceptors (Lipinski definition) is 5. The first-order valence-electron chi connectivity index (χ1n) is 11.6. The van der Waals surface area contributed by atoms with Crippen LogP contribution in [0.2, 0.25) is 0 Å². The molecule has 1 aliphatic rings. The lowest BCUT2D eigenvalue weighted by molar-refractivity contribution is -0.136. The van der Waals surface area contributed by atoms with Gasteiger partial charge < -0.3 is 15.0 Å². The van der Waals surface area contributed by atoms with E-state index in [4.69, 9.17) is 4.74 Å². The van der Waals surface area contributed by atoms with Gasteiger partial charge in [0.05, 0.1) is 30.7 Å². The number of benzene rings is 4. The fourth-order valence-electron chi connectivity index (χ4n) is 4.29. The zero-order valence-corrected chi connectivity index (χ0v) is 19.4. The summed E-state index contributed by atoms with van der Waals surface area (Å²) in [7, 11) is 0. The number of hydrogen-bond donors (Lipinski definition) is 2. The Bertz CT molecular complexity index is 1440. The smallest absolute Gasteiger partial charge is 0.329 e. The third-order valence-electron chi connectivity index (χ3n) is 6.08. The Morgan fingerprint density at radius 3 is 2.11 bits per heavy atom. The molecule has 8 nitrogen and oxygen atoms in total. The molecular formula is C28H24N4O4. The van der Waals surface area contributed by atoms with E-state index in [1.807, 2.05) is 48.5 Å². The van der Waals surface area contributed by atoms with Gasteiger partial charge in [0, 0.05) is 18.7 Å². The van der Waals surface area contributed by atoms with Crippen molar-refractivity contribution in [2.45, 2.75) is 0 Å². The second-order valence-electron chi connectivity index (χ2n) is 8.34. The molecular weight excluding hydrogens is 456 g/mol. The van der Waals surface area contributed by atoms with E-state index in [2.05, 4.69) is 21.9 Å². The molecule has 0 spiro atoms. The van der Waals surface area contributed by atoms with Crippen molar-refractivity contribution in [1.29, 1.82) is 0 Å². The van der Waals surface area contributed by atoms with Crippen LogP contribution in [0.5, 0.6) is 0 Å². The summed E-state index contributed by atoms with van der Waals surface area (Å²) in [6.07, 6.45) is 1.55. The van der Waals surface area contributed by atoms with Crippen molar-refractivity contribution < 1.29 is 19.1 Å². The third kappa shape index (κ3) is 4.80. The van der Waals surface area contributed by atoms with Gasteiger partial charge in [-0.25, -0.2) is 5.43 Å². The summed E-state index contributed by atoms with van der Waals surface area (Å²) < 4.78 is 5.30. The number of morpholine rings is 1. The fraction of sp³-hybridized carbons (Fsp3) is 0.143. The number of para-hydroxylation sites is 1. The molecule has 4 aromatic rings. The Morgan fingerprint density at radius 1 is 0.806 bits per heavy atom. The van der Waals surface area contributed by atoms with Crippen LogP contribution in [0.1, 0.15) is 15.9 Å². The third-order valence-corrected chi connectivity index (χ3v) is 6.08. The first-order chi connectivity index (χ1) is 17.6. The van der Waals surface area contributed by atoms with E-state index >= 15 is 0 Å². The molecule has 4 aromatic carbocycles. The molecule has 0 atom stereocenters. The summed E-state index contributed by atoms with van der Waals surface area (Å²) >= 11 is 0. The molecule has 1 heterocycles. The highest BCUT2D eigenvalue weighted by Crippen LogP contribution is 2.27. The van der Waals surface area contributed by atoms with Crippen molar-refractivity contribution in [3.8, 4) is 0 Å². The van der Waals surface area contributed by atoms with Crippen LogP contribution in [-0.2, 0) is 14.3 Å². The summed E-state index contributed by atoms with van der Waals surface area (Å²) in [6, 6.07) is 24.5. The van der Waals surface area contributed by atoms with Gasteiger partial charge in [-0.05, 0) is 39.7 Å². The first kappa shape index (κ1) is 23.2. The van der Waals surface area contributed by atoms with Crippen molar-refractivity contribution in [2.24, 2.45) is 5.10 Å². The minimum Gasteiger partial charge on any atom is -0.378 e. The zero-order chi connectivity index (χ0) is 24.9. The first-order valence-corrected chi connectivity index (χ1v) is 11.6. The highest BCUT2D eigenvalue weighted by atomic mass is 16.5. The molecule has 1 saturated heterocycles. The summed E-state index contributed by atoms with van der Waals surface area (Å²) in [4.78, 5) is 39.7. The number of carbonyl (C=O) groups excluding carboxylic acids is 3. The van der Waals surface area contributed by atoms with Crippen LogP contribution in [0.15, 0.2) is 84.0 Å². The highest BCUT2D eigenvalue weighted by Gasteiger charge is 2.23. The number of hydrazone groups is 1. The maximum Gasteiger partial charge on any atom is 0.329 e. The van der Waals surface area contributed by atoms with Gasteiger partial charge in [0.2, 0.25) is 0 Å². The van der Waals surface area contributed by atoms with E-state index in [0.717, 1.165) is 27.1 Å². The maximum atomic E-state index is 12.9. The molecule has 0 bridgehead atoms. The van der Waals surface area contributed by atoms with Gasteiger partial charge in [-0.3, -0.25) is 14.4 Å². The van der Waals surface area contributed by atoms with Crippen LogP contribution in [0, 0.1) is 0 Å². The maximum absolute atomic E-state index is 12.9. The van der Waals surface area contributed by atoms with Gasteiger partial charge in [-0.1, -0.05) is 60.7 Å². The Morgan fingerprint density at radius 2 is 1.42 bits per heavy atom. The van der Waals surface area contributed by atoms with Gasteiger partial charge in [0.25, 0.3) is 5.91 Å². The molecule has 3 amide bonds. The molecule has 1 aliphatic heterocycles. The van der Waals surface area contributed by atoms with E-state index < -0.39 is 11.8 Å². The Balaban J connectivity index is 1.32. The van der Waals surface area contributed by atoms with Gasteiger partial charge in [-0.15, -0.1) is 0 Å². The minimum absolute atomic E-state index is 0.226. The van der Waals surface area contributed by atoms with Crippen molar-refractivity contribution in [2.75, 3.05) is 31.6 Å². The number of amides is 3. The quantitative estimate of drug-likeness (QED) is 0.202. The molecule has 1 fully saturated rings. The van der Waals surface area contributed by atoms with Crippen LogP contribution >= 0.6 is 0 Å². The van der Waals surface area contributed by atoms with Crippen molar-refractivity contribution in [3.63, 3.8) is 0 Å². The molecule has 0 unspecified atom stereocenters. The van der Waals surface area contributed by atoms with Gasteiger partial charge in [0.15, 0.2) is 0 Å². The number of nitrogens with zero attached hydrogens (tertiary/aromatic N) is 2. The second-order valence-corrected chi connectivity index (χ2v) is 8.34. The molecule has 0 aromatic heterocycles. The average Bonchev–Trinajstić information content (AvgIpc) is 2.93. The molecule has 36 heavy (non-hydrogen) atoms. The standard InChI is InChI=1S/C28H24N4O4/c33-26(30-25-12-6-5-11-23(25)28(35)32-13-15-36-16-14-32)27(34)31-29-18-24-21-9-3-1-7-19(21)17-20-8-2-4-10-22(20)24/h1-12,17-18H,13-16H2,(H,30,33)(H,31,34).